The summed E-state index contributed by atoms with van der Waals surface area (Å²) in [6, 6.07) is 42.5. The van der Waals surface area contributed by atoms with Gasteiger partial charge < -0.3 is 14.4 Å². The molecule has 0 atom stereocenters. The van der Waals surface area contributed by atoms with Crippen LogP contribution in [-0.4, -0.2) is 9.97 Å². The molecule has 1 radical (unpaired) electrons. The molecule has 0 saturated carbocycles. The quantitative estimate of drug-likeness (QED) is 0.166. The normalized spacial score (nSPS) is 12.8. The summed E-state index contributed by atoms with van der Waals surface area (Å²) in [6.07, 6.45) is 1.56. The molecule has 0 saturated heterocycles. The van der Waals surface area contributed by atoms with E-state index in [0.717, 1.165) is 44.3 Å². The van der Waals surface area contributed by atoms with Crippen LogP contribution in [0.4, 0.5) is 0 Å². The van der Waals surface area contributed by atoms with E-state index in [-0.39, 0.29) is 60.9 Å². The van der Waals surface area contributed by atoms with Crippen molar-refractivity contribution >= 4 is 21.9 Å². The van der Waals surface area contributed by atoms with Gasteiger partial charge in [0.25, 0.3) is 0 Å². The molecule has 0 aliphatic carbocycles. The van der Waals surface area contributed by atoms with Crippen LogP contribution < -0.4 is 0 Å². The van der Waals surface area contributed by atoms with E-state index in [4.69, 9.17) is 11.3 Å². The second-order valence-corrected chi connectivity index (χ2v) is 14.6. The molecule has 0 amide bonds. The van der Waals surface area contributed by atoms with Crippen molar-refractivity contribution < 1.29 is 31.4 Å². The molecule has 4 heteroatoms. The predicted molar refractivity (Wildman–Crippen MR) is 213 cm³/mol. The van der Waals surface area contributed by atoms with E-state index in [2.05, 4.69) is 130 Å². The Kier molecular flexibility index (Phi) is 8.92. The minimum Gasteiger partial charge on any atom is -0.500 e. The second kappa shape index (κ2) is 15.2. The Bertz CT molecular complexity index is 2700. The Labute approximate surface area is 328 Å². The van der Waals surface area contributed by atoms with E-state index in [1.54, 1.807) is 12.1 Å². The number of hydrogen-bond acceptors (Lipinski definition) is 3. The first kappa shape index (κ1) is 30.5. The summed E-state index contributed by atoms with van der Waals surface area (Å²) in [4.78, 5) is 8.58. The van der Waals surface area contributed by atoms with Gasteiger partial charge in [-0.1, -0.05) is 143 Å². The van der Waals surface area contributed by atoms with Gasteiger partial charge in [0.2, 0.25) is 0 Å². The van der Waals surface area contributed by atoms with E-state index in [1.807, 2.05) is 36.5 Å². The monoisotopic (exact) mass is 860 g/mol. The number of benzene rings is 5. The van der Waals surface area contributed by atoms with Crippen molar-refractivity contribution in [1.82, 2.24) is 9.97 Å². The maximum absolute atomic E-state index is 8.65. The van der Waals surface area contributed by atoms with Crippen LogP contribution in [0, 0.1) is 12.1 Å². The maximum atomic E-state index is 8.65. The van der Waals surface area contributed by atoms with E-state index in [9.17, 15) is 0 Å². The Hall–Kier alpha value is -5.15. The molecule has 0 fully saturated rings. The molecule has 0 aliphatic rings. The van der Waals surface area contributed by atoms with Crippen molar-refractivity contribution in [3.8, 4) is 44.8 Å². The van der Waals surface area contributed by atoms with Gasteiger partial charge in [0.1, 0.15) is 5.58 Å². The van der Waals surface area contributed by atoms with Crippen molar-refractivity contribution in [2.75, 3.05) is 0 Å². The van der Waals surface area contributed by atoms with Crippen LogP contribution in [0.15, 0.2) is 150 Å². The van der Waals surface area contributed by atoms with Gasteiger partial charge in [0.05, 0.1) is 11.1 Å². The Morgan fingerprint density at radius 3 is 2.06 bits per heavy atom. The van der Waals surface area contributed by atoms with Gasteiger partial charge in [-0.05, 0) is 58.0 Å². The number of rotatable bonds is 4. The minimum atomic E-state index is -0.315. The topological polar surface area (TPSA) is 38.9 Å². The number of nitrogens with zero attached hydrogens (tertiary/aromatic N) is 2. The van der Waals surface area contributed by atoms with Crippen LogP contribution in [0.2, 0.25) is 0 Å². The van der Waals surface area contributed by atoms with Gasteiger partial charge in [-0.15, -0.1) is 53.6 Å². The van der Waals surface area contributed by atoms with Crippen LogP contribution in [0.25, 0.3) is 66.7 Å². The molecule has 261 valence electrons. The summed E-state index contributed by atoms with van der Waals surface area (Å²) in [5, 5.41) is 1.73. The van der Waals surface area contributed by atoms with E-state index < -0.39 is 0 Å². The van der Waals surface area contributed by atoms with E-state index in [0.29, 0.717) is 17.2 Å². The fraction of sp³-hybridized carbons (Fsp3) is 0.167. The molecule has 0 spiro atoms. The zero-order valence-electron chi connectivity index (χ0n) is 35.1. The Morgan fingerprint density at radius 2 is 1.35 bits per heavy atom. The fourth-order valence-electron chi connectivity index (χ4n) is 6.01. The number of furan rings is 1. The molecule has 3 aromatic heterocycles. The largest absolute Gasteiger partial charge is 0.500 e. The summed E-state index contributed by atoms with van der Waals surface area (Å²) < 4.78 is 45.8. The first-order chi connectivity index (χ1) is 26.6. The van der Waals surface area contributed by atoms with Gasteiger partial charge in [-0.3, -0.25) is 0 Å². The summed E-state index contributed by atoms with van der Waals surface area (Å²) in [5.74, 6) is 0. The molecule has 0 unspecified atom stereocenters. The van der Waals surface area contributed by atoms with Gasteiger partial charge in [-0.25, -0.2) is 0 Å². The maximum Gasteiger partial charge on any atom is 0.128 e. The predicted octanol–water partition coefficient (Wildman–Crippen LogP) is 12.9. The molecule has 3 nitrogen and oxygen atoms in total. The second-order valence-electron chi connectivity index (χ2n) is 14.6. The van der Waals surface area contributed by atoms with Crippen LogP contribution in [-0.2, 0) is 30.9 Å². The van der Waals surface area contributed by atoms with Crippen molar-refractivity contribution in [3.05, 3.63) is 169 Å². The number of pyridine rings is 2. The smallest absolute Gasteiger partial charge is 0.128 e. The van der Waals surface area contributed by atoms with Crippen molar-refractivity contribution in [3.63, 3.8) is 0 Å². The first-order valence-electron chi connectivity index (χ1n) is 19.6. The van der Waals surface area contributed by atoms with Crippen molar-refractivity contribution in [2.45, 2.75) is 52.4 Å². The summed E-state index contributed by atoms with van der Waals surface area (Å²) in [5.41, 5.74) is 10.6. The van der Waals surface area contributed by atoms with Crippen LogP contribution >= 0.6 is 0 Å². The molecule has 0 N–H and O–H groups in total. The van der Waals surface area contributed by atoms with Gasteiger partial charge in [0, 0.05) is 43.4 Å². The van der Waals surface area contributed by atoms with Gasteiger partial charge >= 0.3 is 0 Å². The zero-order valence-corrected chi connectivity index (χ0v) is 32.5. The fourth-order valence-corrected chi connectivity index (χ4v) is 6.01. The number of para-hydroxylation sites is 1. The van der Waals surface area contributed by atoms with Gasteiger partial charge in [0.15, 0.2) is 0 Å². The zero-order chi connectivity index (χ0) is 39.9. The third kappa shape index (κ3) is 7.84. The van der Waals surface area contributed by atoms with E-state index >= 15 is 0 Å². The van der Waals surface area contributed by atoms with Crippen LogP contribution in [0.1, 0.15) is 59.5 Å². The molecule has 0 bridgehead atoms. The minimum absolute atomic E-state index is 0. The molecular formula is C48H42IrN2O-2. The Balaban J connectivity index is 0.000000223. The summed E-state index contributed by atoms with van der Waals surface area (Å²) in [7, 11) is 0. The molecule has 52 heavy (non-hydrogen) atoms. The Morgan fingerprint density at radius 1 is 0.615 bits per heavy atom. The first-order valence-corrected chi connectivity index (χ1v) is 17.1. The molecule has 5 aromatic carbocycles. The van der Waals surface area contributed by atoms with Crippen LogP contribution in [0.5, 0.6) is 0 Å². The molecule has 8 aromatic rings. The third-order valence-electron chi connectivity index (χ3n) is 8.96. The average molecular weight is 860 g/mol. The molecule has 8 rings (SSSR count). The van der Waals surface area contributed by atoms with Crippen molar-refractivity contribution in [2.24, 2.45) is 0 Å². The number of hydrogen-bond donors (Lipinski definition) is 0. The number of fused-ring (bicyclic) bond motifs is 3. The van der Waals surface area contributed by atoms with Crippen LogP contribution in [0.3, 0.4) is 0 Å². The van der Waals surface area contributed by atoms with Crippen molar-refractivity contribution in [1.29, 1.82) is 0 Å². The SMILES string of the molecule is [2H]c1c[c-]c(-c2cc(C(C)(C)C)ccn2)c2oc3c(-c4ccc(-c5ccccc5)cc4)cccc3c12.[2H]c1nc(-c2[c-]cc(C(C)(C)C)cc2)c([2H])c([2H])c1[2H].[Ir]. The molecule has 3 heterocycles. The summed E-state index contributed by atoms with van der Waals surface area (Å²) in [6.45, 7) is 12.9. The van der Waals surface area contributed by atoms with E-state index in [1.165, 1.54) is 16.7 Å². The van der Waals surface area contributed by atoms with Gasteiger partial charge in [-0.2, -0.15) is 0 Å². The standard InChI is InChI=1S/C33H26NO.C15H16N.Ir/c1-33(2,3)25-19-20-34-30(21-25)29-14-8-13-28-27-12-7-11-26(31(27)35-32(28)29)24-17-15-23(16-18-24)22-9-5-4-6-10-22;1-15(2,3)13-9-7-12(8-10-13)14-6-4-5-11-16-14;/h4-13,15-21H,1-3H3;4-7,9-11H,1-3H3;/q2*-1;/i13D;4D,5D,6D,11D;. The molecular weight excluding hydrogens is 813 g/mol. The third-order valence-corrected chi connectivity index (χ3v) is 8.96. The average Bonchev–Trinajstić information content (AvgIpc) is 3.60. The number of aromatic nitrogens is 2. The summed E-state index contributed by atoms with van der Waals surface area (Å²) >= 11 is 0. The molecule has 0 aliphatic heterocycles.